The molecule has 27 heavy (non-hydrogen) atoms. The maximum absolute atomic E-state index is 12.4. The molecule has 138 valence electrons. The van der Waals surface area contributed by atoms with Crippen LogP contribution in [0, 0.1) is 5.92 Å². The van der Waals surface area contributed by atoms with Gasteiger partial charge in [-0.3, -0.25) is 9.48 Å². The number of fused-ring (bicyclic) bond motifs is 1. The van der Waals surface area contributed by atoms with Crippen molar-refractivity contribution in [1.29, 1.82) is 0 Å². The van der Waals surface area contributed by atoms with Gasteiger partial charge < -0.3 is 10.1 Å². The first-order valence-corrected chi connectivity index (χ1v) is 9.31. The van der Waals surface area contributed by atoms with Crippen molar-refractivity contribution in [3.63, 3.8) is 0 Å². The highest BCUT2D eigenvalue weighted by molar-refractivity contribution is 6.31. The summed E-state index contributed by atoms with van der Waals surface area (Å²) in [5.74, 6) is 1.09. The van der Waals surface area contributed by atoms with E-state index in [9.17, 15) is 4.79 Å². The van der Waals surface area contributed by atoms with Gasteiger partial charge in [-0.15, -0.1) is 0 Å². The zero-order valence-electron chi connectivity index (χ0n) is 14.8. The Bertz CT molecular complexity index is 954. The lowest BCUT2D eigenvalue weighted by atomic mass is 9.97. The molecule has 0 spiro atoms. The zero-order chi connectivity index (χ0) is 18.6. The summed E-state index contributed by atoms with van der Waals surface area (Å²) in [6.45, 7) is 1.71. The van der Waals surface area contributed by atoms with E-state index in [2.05, 4.69) is 16.5 Å². The third-order valence-electron chi connectivity index (χ3n) is 4.69. The van der Waals surface area contributed by atoms with E-state index < -0.39 is 0 Å². The normalized spacial score (nSPS) is 15.7. The summed E-state index contributed by atoms with van der Waals surface area (Å²) >= 11 is 6.18. The number of amides is 1. The number of rotatable bonds is 5. The van der Waals surface area contributed by atoms with Gasteiger partial charge in [-0.25, -0.2) is 0 Å². The second kappa shape index (κ2) is 7.84. The SMILES string of the molecule is O=C(NCC1COc2ccccc2C1)c1cnn(Cc2ccccc2Cl)c1. The van der Waals surface area contributed by atoms with Crippen LogP contribution in [0.2, 0.25) is 5.02 Å². The number of halogens is 1. The molecule has 0 saturated carbocycles. The average Bonchev–Trinajstić information content (AvgIpc) is 3.16. The van der Waals surface area contributed by atoms with Gasteiger partial charge in [0.05, 0.1) is 24.9 Å². The van der Waals surface area contributed by atoms with E-state index >= 15 is 0 Å². The fourth-order valence-electron chi connectivity index (χ4n) is 3.23. The molecule has 0 bridgehead atoms. The number of carbonyl (C=O) groups excluding carboxylic acids is 1. The molecule has 1 aliphatic rings. The average molecular weight is 382 g/mol. The van der Waals surface area contributed by atoms with E-state index in [1.54, 1.807) is 17.1 Å². The Morgan fingerprint density at radius 1 is 1.22 bits per heavy atom. The Morgan fingerprint density at radius 2 is 2.04 bits per heavy atom. The molecule has 1 unspecified atom stereocenters. The highest BCUT2D eigenvalue weighted by Crippen LogP contribution is 2.26. The number of carbonyl (C=O) groups is 1. The molecule has 2 aromatic carbocycles. The second-order valence-corrected chi connectivity index (χ2v) is 7.12. The van der Waals surface area contributed by atoms with Gasteiger partial charge in [-0.1, -0.05) is 48.0 Å². The van der Waals surface area contributed by atoms with Crippen molar-refractivity contribution in [1.82, 2.24) is 15.1 Å². The largest absolute Gasteiger partial charge is 0.493 e. The molecule has 1 atom stereocenters. The summed E-state index contributed by atoms with van der Waals surface area (Å²) in [7, 11) is 0. The van der Waals surface area contributed by atoms with Gasteiger partial charge in [0, 0.05) is 23.7 Å². The summed E-state index contributed by atoms with van der Waals surface area (Å²) in [4.78, 5) is 12.4. The number of hydrogen-bond donors (Lipinski definition) is 1. The van der Waals surface area contributed by atoms with Crippen LogP contribution >= 0.6 is 11.6 Å². The topological polar surface area (TPSA) is 56.1 Å². The highest BCUT2D eigenvalue weighted by atomic mass is 35.5. The maximum Gasteiger partial charge on any atom is 0.254 e. The summed E-state index contributed by atoms with van der Waals surface area (Å²) in [5.41, 5.74) is 2.70. The predicted octanol–water partition coefficient (Wildman–Crippen LogP) is 3.57. The van der Waals surface area contributed by atoms with Gasteiger partial charge in [0.15, 0.2) is 0 Å². The van der Waals surface area contributed by atoms with E-state index in [4.69, 9.17) is 16.3 Å². The van der Waals surface area contributed by atoms with E-state index in [1.807, 2.05) is 42.5 Å². The Labute approximate surface area is 162 Å². The Hall–Kier alpha value is -2.79. The van der Waals surface area contributed by atoms with Crippen molar-refractivity contribution in [2.24, 2.45) is 5.92 Å². The lowest BCUT2D eigenvalue weighted by Gasteiger charge is -2.25. The van der Waals surface area contributed by atoms with Crippen molar-refractivity contribution in [3.8, 4) is 5.75 Å². The van der Waals surface area contributed by atoms with E-state index in [0.29, 0.717) is 30.3 Å². The molecule has 5 nitrogen and oxygen atoms in total. The lowest BCUT2D eigenvalue weighted by Crippen LogP contribution is -2.34. The number of para-hydroxylation sites is 1. The number of nitrogens with one attached hydrogen (secondary N) is 1. The first-order valence-electron chi connectivity index (χ1n) is 8.94. The lowest BCUT2D eigenvalue weighted by molar-refractivity contribution is 0.0939. The standard InChI is InChI=1S/C21H20ClN3O2/c22-19-7-3-1-6-17(19)12-25-13-18(11-24-25)21(26)23-10-15-9-16-5-2-4-8-20(16)27-14-15/h1-8,11,13,15H,9-10,12,14H2,(H,23,26). The van der Waals surface area contributed by atoms with Crippen molar-refractivity contribution in [2.45, 2.75) is 13.0 Å². The zero-order valence-corrected chi connectivity index (χ0v) is 15.5. The fraction of sp³-hybridized carbons (Fsp3) is 0.238. The number of aromatic nitrogens is 2. The van der Waals surface area contributed by atoms with Gasteiger partial charge in [0.1, 0.15) is 5.75 Å². The first-order chi connectivity index (χ1) is 13.2. The molecule has 1 aliphatic heterocycles. The van der Waals surface area contributed by atoms with Crippen LogP contribution in [0.4, 0.5) is 0 Å². The van der Waals surface area contributed by atoms with Crippen LogP contribution in [0.15, 0.2) is 60.9 Å². The quantitative estimate of drug-likeness (QED) is 0.735. The molecule has 0 saturated heterocycles. The van der Waals surface area contributed by atoms with Crippen LogP contribution in [0.5, 0.6) is 5.75 Å². The predicted molar refractivity (Wildman–Crippen MR) is 104 cm³/mol. The third-order valence-corrected chi connectivity index (χ3v) is 5.06. The number of ether oxygens (including phenoxy) is 1. The van der Waals surface area contributed by atoms with Crippen LogP contribution in [0.1, 0.15) is 21.5 Å². The maximum atomic E-state index is 12.4. The fourth-order valence-corrected chi connectivity index (χ4v) is 3.42. The molecule has 3 aromatic rings. The minimum Gasteiger partial charge on any atom is -0.493 e. The molecule has 6 heteroatoms. The minimum atomic E-state index is -0.126. The second-order valence-electron chi connectivity index (χ2n) is 6.72. The Morgan fingerprint density at radius 3 is 2.93 bits per heavy atom. The third kappa shape index (κ3) is 4.14. The molecule has 1 amide bonds. The van der Waals surface area contributed by atoms with Gasteiger partial charge in [0.2, 0.25) is 0 Å². The molecule has 1 N–H and O–H groups in total. The molecule has 2 heterocycles. The van der Waals surface area contributed by atoms with Crippen LogP contribution in [-0.4, -0.2) is 28.8 Å². The summed E-state index contributed by atoms with van der Waals surface area (Å²) in [6, 6.07) is 15.7. The van der Waals surface area contributed by atoms with Gasteiger partial charge in [-0.05, 0) is 29.7 Å². The molecule has 0 fully saturated rings. The van der Waals surface area contributed by atoms with E-state index in [0.717, 1.165) is 17.7 Å². The minimum absolute atomic E-state index is 0.126. The highest BCUT2D eigenvalue weighted by Gasteiger charge is 2.20. The molecule has 4 rings (SSSR count). The van der Waals surface area contributed by atoms with Crippen molar-refractivity contribution >= 4 is 17.5 Å². The van der Waals surface area contributed by atoms with Crippen LogP contribution < -0.4 is 10.1 Å². The van der Waals surface area contributed by atoms with Crippen molar-refractivity contribution < 1.29 is 9.53 Å². The molecule has 0 aliphatic carbocycles. The monoisotopic (exact) mass is 381 g/mol. The van der Waals surface area contributed by atoms with Crippen LogP contribution in [0.3, 0.4) is 0 Å². The molecule has 1 aromatic heterocycles. The Balaban J connectivity index is 1.33. The Kier molecular flexibility index (Phi) is 5.12. The van der Waals surface area contributed by atoms with E-state index in [1.165, 1.54) is 5.56 Å². The molecular weight excluding hydrogens is 362 g/mol. The van der Waals surface area contributed by atoms with Gasteiger partial charge in [0.25, 0.3) is 5.91 Å². The summed E-state index contributed by atoms with van der Waals surface area (Å²) in [6.07, 6.45) is 4.23. The number of hydrogen-bond acceptors (Lipinski definition) is 3. The van der Waals surface area contributed by atoms with Gasteiger partial charge in [-0.2, -0.15) is 5.10 Å². The molecular formula is C21H20ClN3O2. The first kappa shape index (κ1) is 17.6. The smallest absolute Gasteiger partial charge is 0.254 e. The van der Waals surface area contributed by atoms with Gasteiger partial charge >= 0.3 is 0 Å². The molecule has 0 radical (unpaired) electrons. The number of benzene rings is 2. The summed E-state index contributed by atoms with van der Waals surface area (Å²) in [5, 5.41) is 7.95. The van der Waals surface area contributed by atoms with Crippen molar-refractivity contribution in [3.05, 3.63) is 82.6 Å². The van der Waals surface area contributed by atoms with Crippen LogP contribution in [0.25, 0.3) is 0 Å². The summed E-state index contributed by atoms with van der Waals surface area (Å²) < 4.78 is 7.49. The number of nitrogens with zero attached hydrogens (tertiary/aromatic N) is 2. The van der Waals surface area contributed by atoms with E-state index in [-0.39, 0.29) is 11.8 Å². The van der Waals surface area contributed by atoms with Crippen molar-refractivity contribution in [2.75, 3.05) is 13.2 Å². The van der Waals surface area contributed by atoms with Crippen LogP contribution in [-0.2, 0) is 13.0 Å².